The zero-order valence-electron chi connectivity index (χ0n) is 18.1. The molecule has 0 saturated carbocycles. The molecule has 0 fully saturated rings. The van der Waals surface area contributed by atoms with E-state index in [-0.39, 0.29) is 16.3 Å². The lowest BCUT2D eigenvalue weighted by atomic mass is 10.1. The van der Waals surface area contributed by atoms with E-state index in [0.717, 1.165) is 6.07 Å². The summed E-state index contributed by atoms with van der Waals surface area (Å²) in [4.78, 5) is 10.7. The van der Waals surface area contributed by atoms with Crippen LogP contribution in [-0.2, 0) is 10.0 Å². The number of sulfonamides is 1. The molecule has 0 atom stereocenters. The van der Waals surface area contributed by atoms with E-state index in [0.29, 0.717) is 22.8 Å². The van der Waals surface area contributed by atoms with E-state index in [1.807, 2.05) is 12.1 Å². The summed E-state index contributed by atoms with van der Waals surface area (Å²) in [5, 5.41) is 15.8. The van der Waals surface area contributed by atoms with Crippen molar-refractivity contribution >= 4 is 32.8 Å². The quantitative estimate of drug-likeness (QED) is 0.271. The van der Waals surface area contributed by atoms with Crippen molar-refractivity contribution in [3.63, 3.8) is 0 Å². The third-order valence-corrected chi connectivity index (χ3v) is 6.03. The Balaban J connectivity index is 1.91. The van der Waals surface area contributed by atoms with E-state index >= 15 is 0 Å². The third-order valence-electron chi connectivity index (χ3n) is 4.67. The Hall–Kier alpha value is -4.12. The molecule has 3 rings (SSSR count). The number of hydrazone groups is 1. The average Bonchev–Trinajstić information content (AvgIpc) is 2.82. The van der Waals surface area contributed by atoms with E-state index in [1.54, 1.807) is 37.3 Å². The van der Waals surface area contributed by atoms with Crippen molar-refractivity contribution in [3.05, 3.63) is 82.4 Å². The van der Waals surface area contributed by atoms with Crippen LogP contribution in [0, 0.1) is 10.1 Å². The largest absolute Gasteiger partial charge is 0.496 e. The van der Waals surface area contributed by atoms with Gasteiger partial charge in [-0.3, -0.25) is 20.3 Å². The number of methoxy groups -OCH3 is 2. The molecule has 0 amide bonds. The number of nitro benzene ring substituents is 1. The van der Waals surface area contributed by atoms with Crippen LogP contribution >= 0.6 is 0 Å². The molecular formula is C22H22N4O6S. The standard InChI is InChI=1S/C22H22N4O6S/c1-15(17-8-4-6-10-21(17)31-2)23-24-18-13-12-16(14-20(18)26(27)28)33(29,30)25-19-9-5-7-11-22(19)32-3/h4-14,24-25H,1-3H3/b23-15-. The predicted molar refractivity (Wildman–Crippen MR) is 126 cm³/mol. The maximum Gasteiger partial charge on any atom is 0.295 e. The van der Waals surface area contributed by atoms with E-state index in [1.165, 1.54) is 32.4 Å². The van der Waals surface area contributed by atoms with Gasteiger partial charge in [-0.2, -0.15) is 5.10 Å². The van der Waals surface area contributed by atoms with Crippen LogP contribution in [0.5, 0.6) is 11.5 Å². The van der Waals surface area contributed by atoms with Crippen molar-refractivity contribution < 1.29 is 22.8 Å². The minimum absolute atomic E-state index is 0.0329. The van der Waals surface area contributed by atoms with Crippen LogP contribution in [0.2, 0.25) is 0 Å². The number of hydrogen-bond donors (Lipinski definition) is 2. The first-order valence-corrected chi connectivity index (χ1v) is 11.1. The Kier molecular flexibility index (Phi) is 7.13. The van der Waals surface area contributed by atoms with Crippen LogP contribution in [0.4, 0.5) is 17.1 Å². The van der Waals surface area contributed by atoms with Gasteiger partial charge in [-0.15, -0.1) is 0 Å². The van der Waals surface area contributed by atoms with E-state index in [4.69, 9.17) is 9.47 Å². The Bertz CT molecular complexity index is 1310. The molecule has 3 aromatic carbocycles. The van der Waals surface area contributed by atoms with E-state index < -0.39 is 20.6 Å². The molecular weight excluding hydrogens is 448 g/mol. The van der Waals surface area contributed by atoms with Gasteiger partial charge in [0.05, 0.1) is 35.4 Å². The Labute approximate surface area is 191 Å². The fraction of sp³-hybridized carbons (Fsp3) is 0.136. The molecule has 0 spiro atoms. The van der Waals surface area contributed by atoms with Gasteiger partial charge in [0.1, 0.15) is 17.2 Å². The van der Waals surface area contributed by atoms with Gasteiger partial charge in [0.15, 0.2) is 0 Å². The van der Waals surface area contributed by atoms with Gasteiger partial charge in [-0.1, -0.05) is 24.3 Å². The molecule has 11 heteroatoms. The number of nitrogens with zero attached hydrogens (tertiary/aromatic N) is 2. The van der Waals surface area contributed by atoms with Crippen LogP contribution in [0.15, 0.2) is 76.7 Å². The van der Waals surface area contributed by atoms with Crippen LogP contribution in [-0.4, -0.2) is 33.3 Å². The number of hydrogen-bond acceptors (Lipinski definition) is 8. The molecule has 33 heavy (non-hydrogen) atoms. The molecule has 0 saturated heterocycles. The number of anilines is 2. The van der Waals surface area contributed by atoms with Gasteiger partial charge < -0.3 is 9.47 Å². The van der Waals surface area contributed by atoms with Gasteiger partial charge in [-0.05, 0) is 43.3 Å². The summed E-state index contributed by atoms with van der Waals surface area (Å²) in [6.07, 6.45) is 0. The predicted octanol–water partition coefficient (Wildman–Crippen LogP) is 4.25. The van der Waals surface area contributed by atoms with Gasteiger partial charge in [0.25, 0.3) is 15.7 Å². The lowest BCUT2D eigenvalue weighted by Crippen LogP contribution is -2.14. The number of nitrogens with one attached hydrogen (secondary N) is 2. The number of benzene rings is 3. The maximum atomic E-state index is 12.8. The molecule has 0 aliphatic carbocycles. The smallest absolute Gasteiger partial charge is 0.295 e. The van der Waals surface area contributed by atoms with Gasteiger partial charge in [0.2, 0.25) is 0 Å². The maximum absolute atomic E-state index is 12.8. The Morgan fingerprint density at radius 3 is 2.24 bits per heavy atom. The van der Waals surface area contributed by atoms with Crippen molar-refractivity contribution in [2.45, 2.75) is 11.8 Å². The topological polar surface area (TPSA) is 132 Å². The number of nitro groups is 1. The SMILES string of the molecule is COc1ccccc1NS(=O)(=O)c1ccc(N/N=C(/C)c2ccccc2OC)c([N+](=O)[O-])c1. The van der Waals surface area contributed by atoms with Gasteiger partial charge in [-0.25, -0.2) is 8.42 Å². The second-order valence-electron chi connectivity index (χ2n) is 6.75. The van der Waals surface area contributed by atoms with Gasteiger partial charge >= 0.3 is 0 Å². The fourth-order valence-corrected chi connectivity index (χ4v) is 4.09. The molecule has 0 aromatic heterocycles. The Morgan fingerprint density at radius 2 is 1.58 bits per heavy atom. The molecule has 0 unspecified atom stereocenters. The highest BCUT2D eigenvalue weighted by Crippen LogP contribution is 2.31. The van der Waals surface area contributed by atoms with Crippen LogP contribution in [0.3, 0.4) is 0 Å². The number of rotatable bonds is 9. The van der Waals surface area contributed by atoms with Crippen molar-refractivity contribution in [3.8, 4) is 11.5 Å². The summed E-state index contributed by atoms with van der Waals surface area (Å²) in [5.41, 5.74) is 3.67. The molecule has 172 valence electrons. The first-order chi connectivity index (χ1) is 15.8. The van der Waals surface area contributed by atoms with Gasteiger partial charge in [0, 0.05) is 11.6 Å². The zero-order chi connectivity index (χ0) is 24.0. The highest BCUT2D eigenvalue weighted by Gasteiger charge is 2.22. The van der Waals surface area contributed by atoms with Crippen molar-refractivity contribution in [1.29, 1.82) is 0 Å². The summed E-state index contributed by atoms with van der Waals surface area (Å²) < 4.78 is 38.5. The second-order valence-corrected chi connectivity index (χ2v) is 8.43. The molecule has 2 N–H and O–H groups in total. The summed E-state index contributed by atoms with van der Waals surface area (Å²) >= 11 is 0. The Morgan fingerprint density at radius 1 is 0.939 bits per heavy atom. The molecule has 0 heterocycles. The van der Waals surface area contributed by atoms with E-state index in [2.05, 4.69) is 15.2 Å². The minimum Gasteiger partial charge on any atom is -0.496 e. The van der Waals surface area contributed by atoms with Crippen molar-refractivity contribution in [1.82, 2.24) is 0 Å². The summed E-state index contributed by atoms with van der Waals surface area (Å²) in [6, 6.07) is 17.1. The lowest BCUT2D eigenvalue weighted by molar-refractivity contribution is -0.384. The van der Waals surface area contributed by atoms with Crippen molar-refractivity contribution in [2.75, 3.05) is 24.4 Å². The molecule has 0 radical (unpaired) electrons. The van der Waals surface area contributed by atoms with E-state index in [9.17, 15) is 18.5 Å². The molecule has 0 aliphatic heterocycles. The average molecular weight is 471 g/mol. The number of ether oxygens (including phenoxy) is 2. The fourth-order valence-electron chi connectivity index (χ4n) is 3.00. The third kappa shape index (κ3) is 5.39. The molecule has 0 aliphatic rings. The van der Waals surface area contributed by atoms with Crippen molar-refractivity contribution in [2.24, 2.45) is 5.10 Å². The highest BCUT2D eigenvalue weighted by molar-refractivity contribution is 7.92. The summed E-state index contributed by atoms with van der Waals surface area (Å²) in [5.74, 6) is 0.911. The molecule has 0 bridgehead atoms. The zero-order valence-corrected chi connectivity index (χ0v) is 18.9. The normalized spacial score (nSPS) is 11.5. The molecule has 3 aromatic rings. The summed E-state index contributed by atoms with van der Waals surface area (Å²) in [6.45, 7) is 1.71. The minimum atomic E-state index is -4.12. The first kappa shape index (κ1) is 23.5. The summed E-state index contributed by atoms with van der Waals surface area (Å²) in [7, 11) is -1.18. The van der Waals surface area contributed by atoms with Crippen LogP contribution in [0.1, 0.15) is 12.5 Å². The van der Waals surface area contributed by atoms with Crippen LogP contribution in [0.25, 0.3) is 0 Å². The van der Waals surface area contributed by atoms with Crippen LogP contribution < -0.4 is 19.6 Å². The highest BCUT2D eigenvalue weighted by atomic mass is 32.2. The lowest BCUT2D eigenvalue weighted by Gasteiger charge is -2.12. The molecule has 10 nitrogen and oxygen atoms in total. The number of para-hydroxylation sites is 3. The second kappa shape index (κ2) is 10.0. The first-order valence-electron chi connectivity index (χ1n) is 9.65. The monoisotopic (exact) mass is 470 g/mol.